The van der Waals surface area contributed by atoms with E-state index in [4.69, 9.17) is 0 Å². The molecule has 114 valence electrons. The van der Waals surface area contributed by atoms with Gasteiger partial charge in [0.15, 0.2) is 0 Å². The van der Waals surface area contributed by atoms with Crippen LogP contribution in [0.2, 0.25) is 0 Å². The number of nitrogens with one attached hydrogen (secondary N) is 1. The number of thioether (sulfide) groups is 1. The van der Waals surface area contributed by atoms with Crippen LogP contribution < -0.4 is 5.32 Å². The number of carbonyl (C=O) groups excluding carboxylic acids is 1. The van der Waals surface area contributed by atoms with Gasteiger partial charge in [0.05, 0.1) is 5.92 Å². The van der Waals surface area contributed by atoms with Crippen LogP contribution in [0.3, 0.4) is 0 Å². The van der Waals surface area contributed by atoms with E-state index in [1.165, 1.54) is 0 Å². The number of hydrogen-bond donors (Lipinski definition) is 2. The Balaban J connectivity index is 1.94. The van der Waals surface area contributed by atoms with Gasteiger partial charge in [-0.15, -0.1) is 0 Å². The zero-order valence-corrected chi connectivity index (χ0v) is 13.0. The zero-order valence-electron chi connectivity index (χ0n) is 12.2. The number of carboxylic acids is 1. The molecule has 1 saturated carbocycles. The Hall–Kier alpha value is -0.910. The molecule has 1 saturated heterocycles. The Morgan fingerprint density at radius 2 is 1.75 bits per heavy atom. The SMILES string of the molecule is CC1CN(C(=O)NC2CCCCC2C(=O)O)CC(C)S1. The molecule has 0 radical (unpaired) electrons. The van der Waals surface area contributed by atoms with Crippen molar-refractivity contribution in [1.82, 2.24) is 10.2 Å². The summed E-state index contributed by atoms with van der Waals surface area (Å²) in [4.78, 5) is 25.4. The van der Waals surface area contributed by atoms with Gasteiger partial charge in [0.2, 0.25) is 0 Å². The van der Waals surface area contributed by atoms with Crippen molar-refractivity contribution in [3.8, 4) is 0 Å². The summed E-state index contributed by atoms with van der Waals surface area (Å²) in [7, 11) is 0. The van der Waals surface area contributed by atoms with Crippen molar-refractivity contribution in [2.24, 2.45) is 5.92 Å². The molecule has 0 spiro atoms. The average Bonchev–Trinajstić information content (AvgIpc) is 2.37. The molecule has 0 aromatic carbocycles. The summed E-state index contributed by atoms with van der Waals surface area (Å²) in [5.74, 6) is -1.22. The Bertz CT molecular complexity index is 367. The summed E-state index contributed by atoms with van der Waals surface area (Å²) in [6.45, 7) is 5.74. The topological polar surface area (TPSA) is 69.6 Å². The van der Waals surface area contributed by atoms with E-state index in [2.05, 4.69) is 19.2 Å². The number of urea groups is 1. The summed E-state index contributed by atoms with van der Waals surface area (Å²) in [6.07, 6.45) is 3.38. The molecule has 0 aromatic rings. The van der Waals surface area contributed by atoms with Gasteiger partial charge in [-0.3, -0.25) is 4.79 Å². The predicted molar refractivity (Wildman–Crippen MR) is 80.0 cm³/mol. The highest BCUT2D eigenvalue weighted by molar-refractivity contribution is 8.00. The molecular weight excluding hydrogens is 276 g/mol. The number of rotatable bonds is 2. The van der Waals surface area contributed by atoms with Crippen molar-refractivity contribution in [2.75, 3.05) is 13.1 Å². The van der Waals surface area contributed by atoms with E-state index in [0.717, 1.165) is 32.4 Å². The largest absolute Gasteiger partial charge is 0.481 e. The van der Waals surface area contributed by atoms with Crippen LogP contribution in [0.1, 0.15) is 39.5 Å². The summed E-state index contributed by atoms with van der Waals surface area (Å²) in [5, 5.41) is 13.1. The van der Waals surface area contributed by atoms with Gasteiger partial charge in [-0.1, -0.05) is 26.7 Å². The molecule has 4 atom stereocenters. The van der Waals surface area contributed by atoms with Crippen LogP contribution in [0.15, 0.2) is 0 Å². The second-order valence-corrected chi connectivity index (χ2v) is 7.83. The molecule has 1 heterocycles. The van der Waals surface area contributed by atoms with E-state index in [1.54, 1.807) is 0 Å². The highest BCUT2D eigenvalue weighted by atomic mass is 32.2. The van der Waals surface area contributed by atoms with E-state index in [0.29, 0.717) is 16.9 Å². The maximum Gasteiger partial charge on any atom is 0.317 e. The lowest BCUT2D eigenvalue weighted by molar-refractivity contribution is -0.143. The minimum absolute atomic E-state index is 0.0952. The van der Waals surface area contributed by atoms with Crippen molar-refractivity contribution >= 4 is 23.8 Å². The molecule has 2 N–H and O–H groups in total. The fraction of sp³-hybridized carbons (Fsp3) is 0.857. The Kier molecular flexibility index (Phi) is 5.18. The first kappa shape index (κ1) is 15.5. The number of aliphatic carboxylic acids is 1. The van der Waals surface area contributed by atoms with E-state index in [1.807, 2.05) is 16.7 Å². The first-order valence-corrected chi connectivity index (χ1v) is 8.35. The molecular formula is C14H24N2O3S. The minimum Gasteiger partial charge on any atom is -0.481 e. The van der Waals surface area contributed by atoms with Gasteiger partial charge in [0.1, 0.15) is 0 Å². The number of nitrogens with zero attached hydrogens (tertiary/aromatic N) is 1. The van der Waals surface area contributed by atoms with E-state index < -0.39 is 11.9 Å². The lowest BCUT2D eigenvalue weighted by Gasteiger charge is -2.37. The van der Waals surface area contributed by atoms with Crippen LogP contribution in [-0.4, -0.2) is 51.6 Å². The Labute approximate surface area is 124 Å². The molecule has 2 amide bonds. The zero-order chi connectivity index (χ0) is 14.7. The first-order valence-electron chi connectivity index (χ1n) is 7.41. The van der Waals surface area contributed by atoms with Gasteiger partial charge in [-0.2, -0.15) is 11.8 Å². The third-order valence-corrected chi connectivity index (χ3v) is 5.33. The number of carboxylic acid groups (broad SMARTS) is 1. The average molecular weight is 300 g/mol. The van der Waals surface area contributed by atoms with Gasteiger partial charge < -0.3 is 15.3 Å². The maximum absolute atomic E-state index is 12.3. The van der Waals surface area contributed by atoms with Crippen LogP contribution in [0.5, 0.6) is 0 Å². The van der Waals surface area contributed by atoms with Gasteiger partial charge >= 0.3 is 12.0 Å². The van der Waals surface area contributed by atoms with Crippen molar-refractivity contribution < 1.29 is 14.7 Å². The fourth-order valence-electron chi connectivity index (χ4n) is 3.19. The quantitative estimate of drug-likeness (QED) is 0.820. The van der Waals surface area contributed by atoms with Crippen molar-refractivity contribution in [3.05, 3.63) is 0 Å². The second-order valence-electron chi connectivity index (χ2n) is 5.95. The van der Waals surface area contributed by atoms with Crippen LogP contribution in [0.25, 0.3) is 0 Å². The summed E-state index contributed by atoms with van der Waals surface area (Å²) in [6, 6.07) is -0.309. The first-order chi connectivity index (χ1) is 9.47. The predicted octanol–water partition coefficient (Wildman–Crippen LogP) is 2.17. The Morgan fingerprint density at radius 1 is 1.15 bits per heavy atom. The van der Waals surface area contributed by atoms with Crippen molar-refractivity contribution in [3.63, 3.8) is 0 Å². The van der Waals surface area contributed by atoms with Gasteiger partial charge in [-0.05, 0) is 12.8 Å². The molecule has 6 heteroatoms. The third kappa shape index (κ3) is 3.81. The van der Waals surface area contributed by atoms with E-state index in [9.17, 15) is 14.7 Å². The molecule has 0 bridgehead atoms. The van der Waals surface area contributed by atoms with Crippen LogP contribution in [0, 0.1) is 5.92 Å². The lowest BCUT2D eigenvalue weighted by atomic mass is 9.84. The standard InChI is InChI=1S/C14H24N2O3S/c1-9-7-16(8-10(2)20-9)14(19)15-12-6-4-3-5-11(12)13(17)18/h9-12H,3-8H2,1-2H3,(H,15,19)(H,17,18). The summed E-state index contributed by atoms with van der Waals surface area (Å²) >= 11 is 1.90. The number of amides is 2. The van der Waals surface area contributed by atoms with Gasteiger partial charge in [0.25, 0.3) is 0 Å². The molecule has 0 aromatic heterocycles. The Morgan fingerprint density at radius 3 is 2.35 bits per heavy atom. The smallest absolute Gasteiger partial charge is 0.317 e. The fourth-order valence-corrected chi connectivity index (χ4v) is 4.52. The number of carbonyl (C=O) groups is 2. The molecule has 2 fully saturated rings. The molecule has 2 rings (SSSR count). The van der Waals surface area contributed by atoms with Crippen molar-refractivity contribution in [2.45, 2.75) is 56.1 Å². The van der Waals surface area contributed by atoms with Crippen LogP contribution >= 0.6 is 11.8 Å². The lowest BCUT2D eigenvalue weighted by Crippen LogP contribution is -2.53. The third-order valence-electron chi connectivity index (χ3n) is 4.10. The minimum atomic E-state index is -0.786. The van der Waals surface area contributed by atoms with Crippen LogP contribution in [-0.2, 0) is 4.79 Å². The molecule has 5 nitrogen and oxygen atoms in total. The molecule has 4 unspecified atom stereocenters. The highest BCUT2D eigenvalue weighted by Crippen LogP contribution is 2.27. The van der Waals surface area contributed by atoms with Crippen LogP contribution in [0.4, 0.5) is 4.79 Å². The van der Waals surface area contributed by atoms with E-state index >= 15 is 0 Å². The summed E-state index contributed by atoms with van der Waals surface area (Å²) in [5.41, 5.74) is 0. The molecule has 20 heavy (non-hydrogen) atoms. The second kappa shape index (κ2) is 6.70. The monoisotopic (exact) mass is 300 g/mol. The number of hydrogen-bond acceptors (Lipinski definition) is 3. The maximum atomic E-state index is 12.3. The highest BCUT2D eigenvalue weighted by Gasteiger charge is 2.34. The summed E-state index contributed by atoms with van der Waals surface area (Å²) < 4.78 is 0. The van der Waals surface area contributed by atoms with Gasteiger partial charge in [-0.25, -0.2) is 4.79 Å². The molecule has 1 aliphatic heterocycles. The van der Waals surface area contributed by atoms with Crippen molar-refractivity contribution in [1.29, 1.82) is 0 Å². The molecule has 2 aliphatic rings. The normalized spacial score (nSPS) is 34.6. The van der Waals surface area contributed by atoms with E-state index in [-0.39, 0.29) is 12.1 Å². The molecule has 1 aliphatic carbocycles. The van der Waals surface area contributed by atoms with Gasteiger partial charge in [0, 0.05) is 29.6 Å².